The lowest BCUT2D eigenvalue weighted by atomic mass is 9.88. The molecule has 3 aromatic rings. The average Bonchev–Trinajstić information content (AvgIpc) is 3.25. The summed E-state index contributed by atoms with van der Waals surface area (Å²) in [7, 11) is 4.44. The monoisotopic (exact) mass is 454 g/mol. The third-order valence-electron chi connectivity index (χ3n) is 5.41. The number of methoxy groups -OCH3 is 3. The largest absolute Gasteiger partial charge is 0.493 e. The zero-order valence-electron chi connectivity index (χ0n) is 18.7. The lowest BCUT2D eigenvalue weighted by molar-refractivity contribution is -0.131. The first-order valence-electron chi connectivity index (χ1n) is 9.92. The maximum absolute atomic E-state index is 12.5. The van der Waals surface area contributed by atoms with Crippen LogP contribution in [0.4, 0.5) is 0 Å². The molecule has 0 unspecified atom stereocenters. The predicted molar refractivity (Wildman–Crippen MR) is 118 cm³/mol. The number of ether oxygens (including phenoxy) is 6. The molecule has 0 aliphatic carbocycles. The van der Waals surface area contributed by atoms with Crippen LogP contribution in [0.15, 0.2) is 24.3 Å². The molecule has 0 saturated carbocycles. The van der Waals surface area contributed by atoms with E-state index >= 15 is 0 Å². The van der Waals surface area contributed by atoms with E-state index < -0.39 is 11.9 Å². The number of carboxylic acid groups (broad SMARTS) is 1. The number of carboxylic acids is 1. The number of carbonyl (C=O) groups is 2. The molecule has 1 N–H and O–H groups in total. The summed E-state index contributed by atoms with van der Waals surface area (Å²) in [4.78, 5) is 24.3. The molecular weight excluding hydrogens is 432 g/mol. The molecule has 4 rings (SSSR count). The fraction of sp³-hybridized carbons (Fsp3) is 0.250. The van der Waals surface area contributed by atoms with E-state index in [0.717, 1.165) is 0 Å². The van der Waals surface area contributed by atoms with E-state index in [-0.39, 0.29) is 23.7 Å². The Morgan fingerprint density at radius 1 is 0.879 bits per heavy atom. The Morgan fingerprint density at radius 3 is 1.94 bits per heavy atom. The van der Waals surface area contributed by atoms with E-state index in [0.29, 0.717) is 50.6 Å². The smallest absolute Gasteiger partial charge is 0.336 e. The molecule has 1 aliphatic heterocycles. The van der Waals surface area contributed by atoms with E-state index in [1.165, 1.54) is 28.3 Å². The van der Waals surface area contributed by atoms with Crippen LogP contribution in [0.25, 0.3) is 21.9 Å². The summed E-state index contributed by atoms with van der Waals surface area (Å²) in [6, 6.07) is 6.68. The molecule has 9 nitrogen and oxygen atoms in total. The lowest BCUT2D eigenvalue weighted by Gasteiger charge is -2.20. The summed E-state index contributed by atoms with van der Waals surface area (Å²) >= 11 is 0. The van der Waals surface area contributed by atoms with E-state index in [2.05, 4.69) is 0 Å². The highest BCUT2D eigenvalue weighted by molar-refractivity contribution is 6.13. The van der Waals surface area contributed by atoms with Gasteiger partial charge >= 0.3 is 11.9 Å². The van der Waals surface area contributed by atoms with Gasteiger partial charge in [0.25, 0.3) is 0 Å². The second-order valence-electron chi connectivity index (χ2n) is 7.27. The molecule has 33 heavy (non-hydrogen) atoms. The van der Waals surface area contributed by atoms with Gasteiger partial charge in [0, 0.05) is 23.4 Å². The van der Waals surface area contributed by atoms with Crippen molar-refractivity contribution in [3.63, 3.8) is 0 Å². The second-order valence-corrected chi connectivity index (χ2v) is 7.27. The third-order valence-corrected chi connectivity index (χ3v) is 5.41. The first-order chi connectivity index (χ1) is 15.8. The minimum atomic E-state index is -1.19. The van der Waals surface area contributed by atoms with Gasteiger partial charge in [-0.2, -0.15) is 0 Å². The Labute approximate surface area is 189 Å². The van der Waals surface area contributed by atoms with Crippen LogP contribution < -0.4 is 28.4 Å². The molecule has 0 atom stereocenters. The molecule has 3 aromatic carbocycles. The van der Waals surface area contributed by atoms with Crippen LogP contribution in [0.2, 0.25) is 0 Å². The Hall–Kier alpha value is -4.14. The van der Waals surface area contributed by atoms with Crippen LogP contribution in [0.5, 0.6) is 34.5 Å². The molecule has 1 aliphatic rings. The topological polar surface area (TPSA) is 110 Å². The van der Waals surface area contributed by atoms with Gasteiger partial charge in [-0.15, -0.1) is 0 Å². The molecular formula is C24H22O9. The van der Waals surface area contributed by atoms with E-state index in [1.807, 2.05) is 0 Å². The number of aromatic carboxylic acids is 1. The van der Waals surface area contributed by atoms with Gasteiger partial charge in [-0.1, -0.05) is 0 Å². The molecule has 172 valence electrons. The first kappa shape index (κ1) is 22.1. The number of benzene rings is 3. The number of carbonyl (C=O) groups excluding carboxylic acids is 1. The van der Waals surface area contributed by atoms with Crippen LogP contribution in [0, 0.1) is 6.92 Å². The quantitative estimate of drug-likeness (QED) is 0.433. The van der Waals surface area contributed by atoms with Crippen molar-refractivity contribution in [2.45, 2.75) is 13.8 Å². The van der Waals surface area contributed by atoms with Gasteiger partial charge in [-0.25, -0.2) is 4.79 Å². The average molecular weight is 454 g/mol. The summed E-state index contributed by atoms with van der Waals surface area (Å²) in [5, 5.41) is 11.2. The van der Waals surface area contributed by atoms with E-state index in [1.54, 1.807) is 31.2 Å². The predicted octanol–water partition coefficient (Wildman–Crippen LogP) is 4.19. The van der Waals surface area contributed by atoms with Crippen molar-refractivity contribution >= 4 is 22.7 Å². The molecule has 0 fully saturated rings. The van der Waals surface area contributed by atoms with E-state index in [4.69, 9.17) is 28.4 Å². The van der Waals surface area contributed by atoms with Gasteiger partial charge in [0.05, 0.1) is 26.9 Å². The van der Waals surface area contributed by atoms with Crippen molar-refractivity contribution in [2.75, 3.05) is 28.1 Å². The highest BCUT2D eigenvalue weighted by atomic mass is 16.7. The van der Waals surface area contributed by atoms with Crippen molar-refractivity contribution in [3.8, 4) is 45.6 Å². The van der Waals surface area contributed by atoms with Crippen molar-refractivity contribution in [1.82, 2.24) is 0 Å². The second kappa shape index (κ2) is 8.42. The standard InChI is InChI=1S/C24H22O9/c1-11-20(24(26)27)21(13-6-18(28-3)23(30-5)19(7-13)29-4)14-8-16-17(32-10-31-16)9-15(14)22(11)33-12(2)25/h6-9H,10H2,1-5H3,(H,26,27). The molecule has 0 aromatic heterocycles. The van der Waals surface area contributed by atoms with Crippen molar-refractivity contribution in [2.24, 2.45) is 0 Å². The van der Waals surface area contributed by atoms with Gasteiger partial charge in [0.2, 0.25) is 12.5 Å². The van der Waals surface area contributed by atoms with Crippen LogP contribution >= 0.6 is 0 Å². The Bertz CT molecular complexity index is 1270. The van der Waals surface area contributed by atoms with Gasteiger partial charge in [0.1, 0.15) is 5.75 Å². The van der Waals surface area contributed by atoms with Crippen molar-refractivity contribution < 1.29 is 43.1 Å². The Kier molecular flexibility index (Phi) is 5.63. The molecule has 0 saturated heterocycles. The van der Waals surface area contributed by atoms with Crippen LogP contribution in [0.3, 0.4) is 0 Å². The van der Waals surface area contributed by atoms with E-state index in [9.17, 15) is 14.7 Å². The summed E-state index contributed by atoms with van der Waals surface area (Å²) in [6.07, 6.45) is 0. The molecule has 9 heteroatoms. The maximum Gasteiger partial charge on any atom is 0.336 e. The SMILES string of the molecule is COc1cc(-c2c(C(=O)O)c(C)c(OC(C)=O)c3cc4c(cc23)OCO4)cc(OC)c1OC. The van der Waals surface area contributed by atoms with Gasteiger partial charge < -0.3 is 33.5 Å². The summed E-state index contributed by atoms with van der Waals surface area (Å²) < 4.78 is 32.8. The molecule has 0 spiro atoms. The van der Waals surface area contributed by atoms with Crippen molar-refractivity contribution in [3.05, 3.63) is 35.4 Å². The fourth-order valence-electron chi connectivity index (χ4n) is 4.04. The van der Waals surface area contributed by atoms with Gasteiger partial charge in [-0.3, -0.25) is 4.79 Å². The minimum absolute atomic E-state index is 0.0266. The highest BCUT2D eigenvalue weighted by Gasteiger charge is 2.28. The number of esters is 1. The van der Waals surface area contributed by atoms with Crippen LogP contribution in [0.1, 0.15) is 22.8 Å². The minimum Gasteiger partial charge on any atom is -0.493 e. The summed E-state index contributed by atoms with van der Waals surface area (Å²) in [5.41, 5.74) is 1.13. The van der Waals surface area contributed by atoms with Crippen LogP contribution in [-0.2, 0) is 4.79 Å². The maximum atomic E-state index is 12.5. The first-order valence-corrected chi connectivity index (χ1v) is 9.92. The van der Waals surface area contributed by atoms with Gasteiger partial charge in [-0.05, 0) is 42.1 Å². The lowest BCUT2D eigenvalue weighted by Crippen LogP contribution is -2.10. The number of hydrogen-bond acceptors (Lipinski definition) is 8. The Balaban J connectivity index is 2.18. The summed E-state index contributed by atoms with van der Waals surface area (Å²) in [5.74, 6) is 0.385. The molecule has 1 heterocycles. The third kappa shape index (κ3) is 3.61. The van der Waals surface area contributed by atoms with Gasteiger partial charge in [0.15, 0.2) is 23.0 Å². The molecule has 0 amide bonds. The Morgan fingerprint density at radius 2 is 1.45 bits per heavy atom. The van der Waals surface area contributed by atoms with Crippen molar-refractivity contribution in [1.29, 1.82) is 0 Å². The summed E-state index contributed by atoms with van der Waals surface area (Å²) in [6.45, 7) is 2.87. The number of rotatable bonds is 6. The molecule has 0 radical (unpaired) electrons. The van der Waals surface area contributed by atoms with Crippen LogP contribution in [-0.4, -0.2) is 45.2 Å². The molecule has 0 bridgehead atoms. The number of hydrogen-bond donors (Lipinski definition) is 1. The zero-order valence-corrected chi connectivity index (χ0v) is 18.7. The number of fused-ring (bicyclic) bond motifs is 2. The normalized spacial score (nSPS) is 11.9. The zero-order chi connectivity index (χ0) is 23.9. The fourth-order valence-corrected chi connectivity index (χ4v) is 4.04. The highest BCUT2D eigenvalue weighted by Crippen LogP contribution is 2.49.